The van der Waals surface area contributed by atoms with Gasteiger partial charge in [0.15, 0.2) is 0 Å². The average molecular weight is 199 g/mol. The van der Waals surface area contributed by atoms with Crippen molar-refractivity contribution in [1.29, 1.82) is 0 Å². The number of carbonyl (C=O) groups is 1. The zero-order valence-electron chi connectivity index (χ0n) is 7.12. The van der Waals surface area contributed by atoms with Crippen LogP contribution in [0.1, 0.15) is 6.92 Å². The van der Waals surface area contributed by atoms with Gasteiger partial charge in [0, 0.05) is 5.69 Å². The van der Waals surface area contributed by atoms with Gasteiger partial charge in [-0.15, -0.1) is 12.6 Å². The van der Waals surface area contributed by atoms with E-state index in [1.165, 1.54) is 12.1 Å². The Morgan fingerprint density at radius 1 is 1.46 bits per heavy atom. The molecule has 0 spiro atoms. The van der Waals surface area contributed by atoms with Crippen LogP contribution < -0.4 is 5.32 Å². The summed E-state index contributed by atoms with van der Waals surface area (Å²) in [7, 11) is 0. The van der Waals surface area contributed by atoms with E-state index in [4.69, 9.17) is 0 Å². The predicted octanol–water partition coefficient (Wildman–Crippen LogP) is 2.08. The quantitative estimate of drug-likeness (QED) is 0.730. The molecular weight excluding hydrogens is 189 g/mol. The molecule has 0 aliphatic heterocycles. The summed E-state index contributed by atoms with van der Waals surface area (Å²) in [5.41, 5.74) is 0.705. The second kappa shape index (κ2) is 4.28. The fraction of sp³-hybridized carbons (Fsp3) is 0.222. The van der Waals surface area contributed by atoms with Crippen LogP contribution in [0.5, 0.6) is 0 Å². The lowest BCUT2D eigenvalue weighted by Gasteiger charge is -2.10. The van der Waals surface area contributed by atoms with E-state index in [1.807, 2.05) is 0 Å². The number of anilines is 1. The van der Waals surface area contributed by atoms with Crippen LogP contribution in [0.2, 0.25) is 0 Å². The molecule has 0 saturated heterocycles. The molecular formula is C9H10FNOS. The van der Waals surface area contributed by atoms with Crippen molar-refractivity contribution < 1.29 is 9.18 Å². The van der Waals surface area contributed by atoms with E-state index in [0.29, 0.717) is 5.69 Å². The number of benzene rings is 1. The van der Waals surface area contributed by atoms with Crippen molar-refractivity contribution in [3.8, 4) is 0 Å². The molecule has 0 radical (unpaired) electrons. The standard InChI is InChI=1S/C9H10FNOS/c1-6(9(12)13)11-8-4-2-7(10)3-5-8/h2-6,11H,1H3,(H,12,13)/t6-/m0/s1. The highest BCUT2D eigenvalue weighted by molar-refractivity contribution is 7.96. The first-order valence-corrected chi connectivity index (χ1v) is 4.29. The van der Waals surface area contributed by atoms with Crippen molar-refractivity contribution in [2.24, 2.45) is 0 Å². The number of rotatable bonds is 3. The highest BCUT2D eigenvalue weighted by atomic mass is 32.1. The van der Waals surface area contributed by atoms with Crippen molar-refractivity contribution in [2.75, 3.05) is 5.32 Å². The summed E-state index contributed by atoms with van der Waals surface area (Å²) in [6.45, 7) is 1.69. The Hall–Kier alpha value is -1.03. The minimum absolute atomic E-state index is 0.246. The van der Waals surface area contributed by atoms with Crippen LogP contribution in [0, 0.1) is 5.82 Å². The first kappa shape index (κ1) is 10.1. The molecule has 0 aliphatic carbocycles. The fourth-order valence-electron chi connectivity index (χ4n) is 0.858. The van der Waals surface area contributed by atoms with Crippen LogP contribution in [-0.4, -0.2) is 11.2 Å². The third-order valence-corrected chi connectivity index (χ3v) is 1.99. The van der Waals surface area contributed by atoms with Crippen molar-refractivity contribution in [2.45, 2.75) is 13.0 Å². The summed E-state index contributed by atoms with van der Waals surface area (Å²) < 4.78 is 12.5. The molecule has 1 aromatic carbocycles. The molecule has 0 bridgehead atoms. The Labute approximate surface area is 81.6 Å². The van der Waals surface area contributed by atoms with Crippen molar-refractivity contribution in [3.05, 3.63) is 30.1 Å². The Morgan fingerprint density at radius 2 is 2.00 bits per heavy atom. The van der Waals surface area contributed by atoms with Gasteiger partial charge in [-0.3, -0.25) is 4.79 Å². The summed E-state index contributed by atoms with van der Waals surface area (Å²) in [4.78, 5) is 10.7. The fourth-order valence-corrected chi connectivity index (χ4v) is 0.922. The molecule has 4 heteroatoms. The van der Waals surface area contributed by atoms with Gasteiger partial charge in [0.1, 0.15) is 5.82 Å². The maximum atomic E-state index is 12.5. The minimum Gasteiger partial charge on any atom is -0.375 e. The van der Waals surface area contributed by atoms with Gasteiger partial charge in [-0.05, 0) is 31.2 Å². The molecule has 0 aliphatic rings. The van der Waals surface area contributed by atoms with Gasteiger partial charge < -0.3 is 5.32 Å². The second-order valence-electron chi connectivity index (χ2n) is 2.71. The lowest BCUT2D eigenvalue weighted by molar-refractivity contribution is -0.111. The average Bonchev–Trinajstić information content (AvgIpc) is 2.08. The van der Waals surface area contributed by atoms with Gasteiger partial charge in [-0.25, -0.2) is 4.39 Å². The molecule has 0 fully saturated rings. The zero-order valence-corrected chi connectivity index (χ0v) is 8.01. The predicted molar refractivity (Wildman–Crippen MR) is 53.5 cm³/mol. The number of nitrogens with one attached hydrogen (secondary N) is 1. The summed E-state index contributed by atoms with van der Waals surface area (Å²) in [5.74, 6) is -0.296. The monoisotopic (exact) mass is 199 g/mol. The molecule has 0 saturated carbocycles. The molecule has 13 heavy (non-hydrogen) atoms. The van der Waals surface area contributed by atoms with Crippen LogP contribution in [0.25, 0.3) is 0 Å². The summed E-state index contributed by atoms with van der Waals surface area (Å²) in [6.07, 6.45) is 0. The SMILES string of the molecule is C[C@H](Nc1ccc(F)cc1)C(=O)S. The van der Waals surface area contributed by atoms with E-state index < -0.39 is 0 Å². The number of carbonyl (C=O) groups excluding carboxylic acids is 1. The third kappa shape index (κ3) is 3.06. The number of hydrogen-bond acceptors (Lipinski definition) is 2. The smallest absolute Gasteiger partial charge is 0.207 e. The van der Waals surface area contributed by atoms with E-state index >= 15 is 0 Å². The first-order valence-electron chi connectivity index (χ1n) is 3.84. The van der Waals surface area contributed by atoms with Crippen LogP contribution in [0.3, 0.4) is 0 Å². The molecule has 0 unspecified atom stereocenters. The maximum absolute atomic E-state index is 12.5. The topological polar surface area (TPSA) is 29.1 Å². The lowest BCUT2D eigenvalue weighted by Crippen LogP contribution is -2.21. The highest BCUT2D eigenvalue weighted by Gasteiger charge is 2.06. The Morgan fingerprint density at radius 3 is 2.46 bits per heavy atom. The zero-order chi connectivity index (χ0) is 9.84. The molecule has 0 amide bonds. The third-order valence-electron chi connectivity index (χ3n) is 1.60. The molecule has 1 N–H and O–H groups in total. The molecule has 70 valence electrons. The maximum Gasteiger partial charge on any atom is 0.207 e. The Kier molecular flexibility index (Phi) is 3.31. The van der Waals surface area contributed by atoms with Gasteiger partial charge >= 0.3 is 0 Å². The Balaban J connectivity index is 2.64. The molecule has 2 nitrogen and oxygen atoms in total. The number of hydrogen-bond donors (Lipinski definition) is 2. The van der Waals surface area contributed by atoms with Gasteiger partial charge in [-0.1, -0.05) is 0 Å². The number of halogens is 1. The van der Waals surface area contributed by atoms with E-state index in [9.17, 15) is 9.18 Å². The van der Waals surface area contributed by atoms with E-state index in [-0.39, 0.29) is 17.0 Å². The van der Waals surface area contributed by atoms with Crippen LogP contribution in [0.4, 0.5) is 10.1 Å². The molecule has 0 heterocycles. The summed E-state index contributed by atoms with van der Waals surface area (Å²) >= 11 is 3.67. The summed E-state index contributed by atoms with van der Waals surface area (Å²) in [6, 6.07) is 5.44. The van der Waals surface area contributed by atoms with Crippen molar-refractivity contribution >= 4 is 23.4 Å². The Bertz CT molecular complexity index is 299. The van der Waals surface area contributed by atoms with Crippen LogP contribution in [0.15, 0.2) is 24.3 Å². The summed E-state index contributed by atoms with van der Waals surface area (Å²) in [5, 5.41) is 2.63. The first-order chi connectivity index (χ1) is 6.09. The lowest BCUT2D eigenvalue weighted by atomic mass is 10.3. The minimum atomic E-state index is -0.367. The number of thiol groups is 1. The molecule has 1 aromatic rings. The van der Waals surface area contributed by atoms with Gasteiger partial charge in [0.05, 0.1) is 6.04 Å². The molecule has 1 atom stereocenters. The van der Waals surface area contributed by atoms with Gasteiger partial charge in [0.25, 0.3) is 0 Å². The van der Waals surface area contributed by atoms with Crippen molar-refractivity contribution in [1.82, 2.24) is 0 Å². The largest absolute Gasteiger partial charge is 0.375 e. The second-order valence-corrected chi connectivity index (χ2v) is 3.15. The van der Waals surface area contributed by atoms with Crippen LogP contribution >= 0.6 is 12.6 Å². The van der Waals surface area contributed by atoms with E-state index in [0.717, 1.165) is 0 Å². The van der Waals surface area contributed by atoms with E-state index in [1.54, 1.807) is 19.1 Å². The van der Waals surface area contributed by atoms with Crippen LogP contribution in [-0.2, 0) is 4.79 Å². The molecule has 0 aromatic heterocycles. The van der Waals surface area contributed by atoms with Crippen molar-refractivity contribution in [3.63, 3.8) is 0 Å². The van der Waals surface area contributed by atoms with Gasteiger partial charge in [0.2, 0.25) is 5.12 Å². The highest BCUT2D eigenvalue weighted by Crippen LogP contribution is 2.10. The normalized spacial score (nSPS) is 12.2. The molecule has 1 rings (SSSR count). The van der Waals surface area contributed by atoms with E-state index in [2.05, 4.69) is 17.9 Å². The van der Waals surface area contributed by atoms with Gasteiger partial charge in [-0.2, -0.15) is 0 Å².